The maximum Gasteiger partial charge on any atom is 0.123 e. The van der Waals surface area contributed by atoms with Gasteiger partial charge in [-0.25, -0.2) is 4.39 Å². The SMILES string of the molecule is Oc1ccc(CNCc2ccc(F)cc2)c(O)c1. The van der Waals surface area contributed by atoms with Gasteiger partial charge in [-0.15, -0.1) is 0 Å². The van der Waals surface area contributed by atoms with E-state index in [1.54, 1.807) is 18.2 Å². The maximum atomic E-state index is 12.7. The third kappa shape index (κ3) is 3.21. The Morgan fingerprint density at radius 2 is 1.67 bits per heavy atom. The number of halogens is 1. The fourth-order valence-corrected chi connectivity index (χ4v) is 1.65. The summed E-state index contributed by atoms with van der Waals surface area (Å²) in [5.74, 6) is -0.161. The molecule has 0 fully saturated rings. The van der Waals surface area contributed by atoms with Gasteiger partial charge in [0.05, 0.1) is 0 Å². The van der Waals surface area contributed by atoms with Gasteiger partial charge in [-0.3, -0.25) is 0 Å². The summed E-state index contributed by atoms with van der Waals surface area (Å²) in [6.07, 6.45) is 0. The summed E-state index contributed by atoms with van der Waals surface area (Å²) in [6.45, 7) is 1.06. The van der Waals surface area contributed by atoms with Crippen molar-refractivity contribution < 1.29 is 14.6 Å². The van der Waals surface area contributed by atoms with Gasteiger partial charge in [-0.1, -0.05) is 18.2 Å². The van der Waals surface area contributed by atoms with E-state index in [1.807, 2.05) is 0 Å². The molecular weight excluding hydrogens is 233 g/mol. The quantitative estimate of drug-likeness (QED) is 0.778. The van der Waals surface area contributed by atoms with Crippen LogP contribution >= 0.6 is 0 Å². The van der Waals surface area contributed by atoms with Gasteiger partial charge in [0.15, 0.2) is 0 Å². The Labute approximate surface area is 105 Å². The number of aromatic hydroxyl groups is 2. The molecule has 0 atom stereocenters. The number of rotatable bonds is 4. The molecule has 3 nitrogen and oxygen atoms in total. The van der Waals surface area contributed by atoms with E-state index in [-0.39, 0.29) is 17.3 Å². The summed E-state index contributed by atoms with van der Waals surface area (Å²) in [7, 11) is 0. The van der Waals surface area contributed by atoms with E-state index >= 15 is 0 Å². The van der Waals surface area contributed by atoms with Crippen LogP contribution in [0.5, 0.6) is 11.5 Å². The first kappa shape index (κ1) is 12.4. The number of phenolic OH excluding ortho intramolecular Hbond substituents is 2. The van der Waals surface area contributed by atoms with Crippen molar-refractivity contribution in [3.63, 3.8) is 0 Å². The highest BCUT2D eigenvalue weighted by atomic mass is 19.1. The van der Waals surface area contributed by atoms with Crippen LogP contribution < -0.4 is 5.32 Å². The lowest BCUT2D eigenvalue weighted by Gasteiger charge is -2.07. The van der Waals surface area contributed by atoms with Gasteiger partial charge >= 0.3 is 0 Å². The maximum absolute atomic E-state index is 12.7. The van der Waals surface area contributed by atoms with Crippen molar-refractivity contribution in [1.29, 1.82) is 0 Å². The molecule has 4 heteroatoms. The molecule has 3 N–H and O–H groups in total. The predicted molar refractivity (Wildman–Crippen MR) is 66.7 cm³/mol. The van der Waals surface area contributed by atoms with E-state index < -0.39 is 0 Å². The Bertz CT molecular complexity index is 526. The Hall–Kier alpha value is -2.07. The normalized spacial score (nSPS) is 10.5. The summed E-state index contributed by atoms with van der Waals surface area (Å²) < 4.78 is 12.7. The lowest BCUT2D eigenvalue weighted by Crippen LogP contribution is -2.12. The molecule has 0 aliphatic carbocycles. The van der Waals surface area contributed by atoms with Crippen molar-refractivity contribution in [2.75, 3.05) is 0 Å². The molecule has 0 bridgehead atoms. The van der Waals surface area contributed by atoms with E-state index in [1.165, 1.54) is 24.3 Å². The highest BCUT2D eigenvalue weighted by Crippen LogP contribution is 2.22. The van der Waals surface area contributed by atoms with Crippen LogP contribution in [0.2, 0.25) is 0 Å². The highest BCUT2D eigenvalue weighted by molar-refractivity contribution is 5.38. The molecule has 0 saturated carbocycles. The average molecular weight is 247 g/mol. The van der Waals surface area contributed by atoms with Gasteiger partial charge in [0.1, 0.15) is 17.3 Å². The molecule has 18 heavy (non-hydrogen) atoms. The number of benzene rings is 2. The van der Waals surface area contributed by atoms with Gasteiger partial charge < -0.3 is 15.5 Å². The minimum atomic E-state index is -0.255. The van der Waals surface area contributed by atoms with Crippen LogP contribution in [0, 0.1) is 5.82 Å². The second-order valence-corrected chi connectivity index (χ2v) is 4.04. The molecule has 0 spiro atoms. The van der Waals surface area contributed by atoms with Crippen molar-refractivity contribution in [1.82, 2.24) is 5.32 Å². The fraction of sp³-hybridized carbons (Fsp3) is 0.143. The van der Waals surface area contributed by atoms with Gasteiger partial charge in [0.25, 0.3) is 0 Å². The number of hydrogen-bond acceptors (Lipinski definition) is 3. The van der Waals surface area contributed by atoms with Crippen LogP contribution in [-0.4, -0.2) is 10.2 Å². The average Bonchev–Trinajstić information content (AvgIpc) is 2.34. The molecule has 0 unspecified atom stereocenters. The van der Waals surface area contributed by atoms with E-state index in [4.69, 9.17) is 5.11 Å². The molecule has 0 aliphatic heterocycles. The van der Waals surface area contributed by atoms with E-state index in [0.717, 1.165) is 5.56 Å². The summed E-state index contributed by atoms with van der Waals surface area (Å²) >= 11 is 0. The van der Waals surface area contributed by atoms with E-state index in [0.29, 0.717) is 18.7 Å². The molecule has 94 valence electrons. The third-order valence-electron chi connectivity index (χ3n) is 2.63. The van der Waals surface area contributed by atoms with Crippen molar-refractivity contribution >= 4 is 0 Å². The molecule has 0 radical (unpaired) electrons. The predicted octanol–water partition coefficient (Wildman–Crippen LogP) is 2.53. The Morgan fingerprint density at radius 3 is 2.33 bits per heavy atom. The summed E-state index contributed by atoms with van der Waals surface area (Å²) in [6, 6.07) is 10.7. The van der Waals surface area contributed by atoms with Gasteiger partial charge in [0.2, 0.25) is 0 Å². The summed E-state index contributed by atoms with van der Waals surface area (Å²) in [5, 5.41) is 21.9. The first-order chi connectivity index (χ1) is 8.65. The fourth-order valence-electron chi connectivity index (χ4n) is 1.65. The first-order valence-electron chi connectivity index (χ1n) is 5.61. The largest absolute Gasteiger partial charge is 0.508 e. The number of nitrogens with one attached hydrogen (secondary N) is 1. The molecule has 0 aromatic heterocycles. The molecule has 0 aliphatic rings. The standard InChI is InChI=1S/C14H14FNO2/c15-12-4-1-10(2-5-12)8-16-9-11-3-6-13(17)7-14(11)18/h1-7,16-18H,8-9H2. The van der Waals surface area contributed by atoms with Gasteiger partial charge in [0, 0.05) is 24.7 Å². The minimum Gasteiger partial charge on any atom is -0.508 e. The number of phenols is 2. The molecule has 2 rings (SSSR count). The molecule has 0 saturated heterocycles. The third-order valence-corrected chi connectivity index (χ3v) is 2.63. The van der Waals surface area contributed by atoms with Gasteiger partial charge in [-0.05, 0) is 23.8 Å². The van der Waals surface area contributed by atoms with Crippen molar-refractivity contribution in [2.24, 2.45) is 0 Å². The first-order valence-corrected chi connectivity index (χ1v) is 5.61. The zero-order valence-electron chi connectivity index (χ0n) is 9.73. The molecule has 2 aromatic rings. The lowest BCUT2D eigenvalue weighted by molar-refractivity contribution is 0.443. The van der Waals surface area contributed by atoms with Crippen LogP contribution in [0.1, 0.15) is 11.1 Å². The van der Waals surface area contributed by atoms with E-state index in [9.17, 15) is 9.50 Å². The Kier molecular flexibility index (Phi) is 3.79. The lowest BCUT2D eigenvalue weighted by atomic mass is 10.1. The van der Waals surface area contributed by atoms with Crippen molar-refractivity contribution in [2.45, 2.75) is 13.1 Å². The van der Waals surface area contributed by atoms with Gasteiger partial charge in [-0.2, -0.15) is 0 Å². The zero-order valence-corrected chi connectivity index (χ0v) is 9.73. The molecule has 0 amide bonds. The molecule has 2 aromatic carbocycles. The topological polar surface area (TPSA) is 52.5 Å². The second kappa shape index (κ2) is 5.51. The van der Waals surface area contributed by atoms with Crippen LogP contribution in [0.15, 0.2) is 42.5 Å². The zero-order chi connectivity index (χ0) is 13.0. The number of hydrogen-bond donors (Lipinski definition) is 3. The Morgan fingerprint density at radius 1 is 0.944 bits per heavy atom. The minimum absolute atomic E-state index is 0.0368. The molecular formula is C14H14FNO2. The van der Waals surface area contributed by atoms with Crippen LogP contribution in [0.25, 0.3) is 0 Å². The van der Waals surface area contributed by atoms with Crippen molar-refractivity contribution in [3.8, 4) is 11.5 Å². The van der Waals surface area contributed by atoms with Crippen molar-refractivity contribution in [3.05, 3.63) is 59.4 Å². The summed E-state index contributed by atoms with van der Waals surface area (Å²) in [5.41, 5.74) is 1.67. The van der Waals surface area contributed by atoms with Crippen LogP contribution in [-0.2, 0) is 13.1 Å². The second-order valence-electron chi connectivity index (χ2n) is 4.04. The van der Waals surface area contributed by atoms with Crippen LogP contribution in [0.4, 0.5) is 4.39 Å². The smallest absolute Gasteiger partial charge is 0.123 e. The van der Waals surface area contributed by atoms with Crippen LogP contribution in [0.3, 0.4) is 0 Å². The monoisotopic (exact) mass is 247 g/mol. The highest BCUT2D eigenvalue weighted by Gasteiger charge is 2.02. The van der Waals surface area contributed by atoms with E-state index in [2.05, 4.69) is 5.32 Å². The Balaban J connectivity index is 1.90. The summed E-state index contributed by atoms with van der Waals surface area (Å²) in [4.78, 5) is 0. The molecule has 0 heterocycles.